The smallest absolute Gasteiger partial charge is 0.0972 e. The lowest BCUT2D eigenvalue weighted by Gasteiger charge is -2.00. The molecule has 1 aromatic heterocycles. The van der Waals surface area contributed by atoms with Gasteiger partial charge in [-0.1, -0.05) is 29.3 Å². The topological polar surface area (TPSA) is 38.9 Å². The van der Waals surface area contributed by atoms with Crippen molar-refractivity contribution in [3.05, 3.63) is 49.9 Å². The summed E-state index contributed by atoms with van der Waals surface area (Å²) >= 11 is 13.4. The van der Waals surface area contributed by atoms with Gasteiger partial charge in [0, 0.05) is 24.0 Å². The number of nitrogens with zero attached hydrogens (tertiary/aromatic N) is 1. The fourth-order valence-corrected chi connectivity index (χ4v) is 2.50. The number of nitrogens with two attached hydrogens (primary N) is 1. The largest absolute Gasteiger partial charge is 0.326 e. The molecule has 1 aromatic carbocycles. The van der Waals surface area contributed by atoms with E-state index in [-0.39, 0.29) is 0 Å². The highest BCUT2D eigenvalue weighted by molar-refractivity contribution is 7.11. The average Bonchev–Trinajstić information content (AvgIpc) is 2.71. The van der Waals surface area contributed by atoms with Crippen molar-refractivity contribution in [1.82, 2.24) is 4.98 Å². The zero-order valence-electron chi connectivity index (χ0n) is 8.41. The Labute approximate surface area is 108 Å². The molecule has 0 saturated carbocycles. The number of hydrogen-bond acceptors (Lipinski definition) is 3. The lowest BCUT2D eigenvalue weighted by Crippen LogP contribution is -1.91. The second-order valence-corrected chi connectivity index (χ2v) is 5.36. The fraction of sp³-hybridized carbons (Fsp3) is 0.182. The second-order valence-electron chi connectivity index (χ2n) is 3.35. The highest BCUT2D eigenvalue weighted by atomic mass is 35.5. The molecule has 0 aliphatic heterocycles. The molecule has 0 unspecified atom stereocenters. The van der Waals surface area contributed by atoms with Gasteiger partial charge in [-0.05, 0) is 17.7 Å². The molecule has 0 atom stereocenters. The molecule has 0 bridgehead atoms. The maximum absolute atomic E-state index is 5.94. The van der Waals surface area contributed by atoms with E-state index in [1.807, 2.05) is 18.3 Å². The van der Waals surface area contributed by atoms with Gasteiger partial charge in [-0.3, -0.25) is 0 Å². The van der Waals surface area contributed by atoms with Crippen LogP contribution in [-0.4, -0.2) is 4.98 Å². The first-order valence-electron chi connectivity index (χ1n) is 4.76. The van der Waals surface area contributed by atoms with Crippen LogP contribution in [0.25, 0.3) is 0 Å². The van der Waals surface area contributed by atoms with Crippen molar-refractivity contribution in [3.8, 4) is 0 Å². The van der Waals surface area contributed by atoms with E-state index in [2.05, 4.69) is 4.98 Å². The van der Waals surface area contributed by atoms with Crippen LogP contribution in [0, 0.1) is 0 Å². The summed E-state index contributed by atoms with van der Waals surface area (Å²) in [4.78, 5) is 5.39. The van der Waals surface area contributed by atoms with Crippen molar-refractivity contribution in [2.75, 3.05) is 0 Å². The molecule has 2 N–H and O–H groups in total. The average molecular weight is 273 g/mol. The van der Waals surface area contributed by atoms with Gasteiger partial charge < -0.3 is 5.73 Å². The monoisotopic (exact) mass is 272 g/mol. The molecule has 2 aromatic rings. The Morgan fingerprint density at radius 3 is 2.69 bits per heavy atom. The number of benzene rings is 1. The minimum absolute atomic E-state index is 0.541. The number of rotatable bonds is 3. The number of halogens is 2. The van der Waals surface area contributed by atoms with E-state index in [9.17, 15) is 0 Å². The predicted molar refractivity (Wildman–Crippen MR) is 69.3 cm³/mol. The molecular formula is C11H10Cl2N2S. The van der Waals surface area contributed by atoms with Crippen molar-refractivity contribution >= 4 is 34.5 Å². The van der Waals surface area contributed by atoms with E-state index in [1.165, 1.54) is 0 Å². The molecule has 0 radical (unpaired) electrons. The van der Waals surface area contributed by atoms with Gasteiger partial charge in [0.15, 0.2) is 0 Å². The highest BCUT2D eigenvalue weighted by Crippen LogP contribution is 2.24. The molecule has 0 saturated heterocycles. The van der Waals surface area contributed by atoms with E-state index in [4.69, 9.17) is 28.9 Å². The van der Waals surface area contributed by atoms with Crippen molar-refractivity contribution < 1.29 is 0 Å². The van der Waals surface area contributed by atoms with Crippen LogP contribution < -0.4 is 5.73 Å². The molecule has 16 heavy (non-hydrogen) atoms. The minimum atomic E-state index is 0.541. The van der Waals surface area contributed by atoms with Gasteiger partial charge in [-0.2, -0.15) is 0 Å². The van der Waals surface area contributed by atoms with E-state index < -0.39 is 0 Å². The third-order valence-corrected chi connectivity index (χ3v) is 3.90. The Balaban J connectivity index is 2.17. The summed E-state index contributed by atoms with van der Waals surface area (Å²) in [7, 11) is 0. The molecule has 1 heterocycles. The third-order valence-electron chi connectivity index (χ3n) is 2.14. The molecule has 2 nitrogen and oxygen atoms in total. The van der Waals surface area contributed by atoms with Crippen molar-refractivity contribution in [1.29, 1.82) is 0 Å². The van der Waals surface area contributed by atoms with Crippen molar-refractivity contribution in [3.63, 3.8) is 0 Å². The quantitative estimate of drug-likeness (QED) is 0.929. The van der Waals surface area contributed by atoms with E-state index in [0.29, 0.717) is 16.6 Å². The Hall–Kier alpha value is -0.610. The molecule has 84 valence electrons. The molecular weight excluding hydrogens is 263 g/mol. The molecule has 5 heteroatoms. The Morgan fingerprint density at radius 2 is 2.06 bits per heavy atom. The van der Waals surface area contributed by atoms with E-state index in [0.717, 1.165) is 21.9 Å². The zero-order valence-corrected chi connectivity index (χ0v) is 10.7. The molecule has 0 spiro atoms. The van der Waals surface area contributed by atoms with E-state index >= 15 is 0 Å². The van der Waals surface area contributed by atoms with Crippen LogP contribution >= 0.6 is 34.5 Å². The van der Waals surface area contributed by atoms with Crippen LogP contribution in [0.3, 0.4) is 0 Å². The Bertz CT molecular complexity index is 496. The number of thiazole rings is 1. The summed E-state index contributed by atoms with van der Waals surface area (Å²) < 4.78 is 0. The summed E-state index contributed by atoms with van der Waals surface area (Å²) in [6.07, 6.45) is 2.58. The molecule has 0 fully saturated rings. The standard InChI is InChI=1S/C11H10Cl2N2S/c12-9-2-1-7(3-10(9)13)4-11-15-6-8(5-14)16-11/h1-3,6H,4-5,14H2. The van der Waals surface area contributed by atoms with Gasteiger partial charge in [0.2, 0.25) is 0 Å². The summed E-state index contributed by atoms with van der Waals surface area (Å²) in [6.45, 7) is 0.541. The number of aromatic nitrogens is 1. The SMILES string of the molecule is NCc1cnc(Cc2ccc(Cl)c(Cl)c2)s1. The van der Waals surface area contributed by atoms with Crippen LogP contribution in [0.15, 0.2) is 24.4 Å². The predicted octanol–water partition coefficient (Wildman–Crippen LogP) is 3.50. The van der Waals surface area contributed by atoms with Crippen molar-refractivity contribution in [2.45, 2.75) is 13.0 Å². The van der Waals surface area contributed by atoms with Gasteiger partial charge in [0.25, 0.3) is 0 Å². The highest BCUT2D eigenvalue weighted by Gasteiger charge is 2.04. The maximum Gasteiger partial charge on any atom is 0.0972 e. The van der Waals surface area contributed by atoms with Crippen LogP contribution in [-0.2, 0) is 13.0 Å². The number of hydrogen-bond donors (Lipinski definition) is 1. The lowest BCUT2D eigenvalue weighted by molar-refractivity contribution is 1.08. The van der Waals surface area contributed by atoms with Crippen molar-refractivity contribution in [2.24, 2.45) is 5.73 Å². The van der Waals surface area contributed by atoms with Gasteiger partial charge in [-0.25, -0.2) is 4.98 Å². The normalized spacial score (nSPS) is 10.7. The first kappa shape index (κ1) is 11.9. The Morgan fingerprint density at radius 1 is 1.25 bits per heavy atom. The Kier molecular flexibility index (Phi) is 3.82. The van der Waals surface area contributed by atoms with Crippen LogP contribution in [0.5, 0.6) is 0 Å². The molecule has 2 rings (SSSR count). The summed E-state index contributed by atoms with van der Waals surface area (Å²) in [5.41, 5.74) is 6.64. The second kappa shape index (κ2) is 5.15. The molecule has 0 aliphatic carbocycles. The van der Waals surface area contributed by atoms with Crippen LogP contribution in [0.1, 0.15) is 15.4 Å². The first-order chi connectivity index (χ1) is 7.69. The first-order valence-corrected chi connectivity index (χ1v) is 6.34. The maximum atomic E-state index is 5.94. The molecule has 0 aliphatic rings. The minimum Gasteiger partial charge on any atom is -0.326 e. The van der Waals surface area contributed by atoms with Gasteiger partial charge in [0.05, 0.1) is 15.1 Å². The van der Waals surface area contributed by atoms with Gasteiger partial charge in [-0.15, -0.1) is 11.3 Å². The van der Waals surface area contributed by atoms with Crippen LogP contribution in [0.4, 0.5) is 0 Å². The third kappa shape index (κ3) is 2.74. The van der Waals surface area contributed by atoms with Gasteiger partial charge >= 0.3 is 0 Å². The summed E-state index contributed by atoms with van der Waals surface area (Å²) in [6, 6.07) is 5.63. The summed E-state index contributed by atoms with van der Waals surface area (Å²) in [5, 5.41) is 2.20. The zero-order chi connectivity index (χ0) is 11.5. The summed E-state index contributed by atoms with van der Waals surface area (Å²) in [5.74, 6) is 0. The molecule has 0 amide bonds. The van der Waals surface area contributed by atoms with Gasteiger partial charge in [0.1, 0.15) is 0 Å². The van der Waals surface area contributed by atoms with E-state index in [1.54, 1.807) is 17.4 Å². The van der Waals surface area contributed by atoms with Crippen LogP contribution in [0.2, 0.25) is 10.0 Å². The fourth-order valence-electron chi connectivity index (χ4n) is 1.35. The lowest BCUT2D eigenvalue weighted by atomic mass is 10.2.